The summed E-state index contributed by atoms with van der Waals surface area (Å²) in [6, 6.07) is 11.5. The first-order valence-corrected chi connectivity index (χ1v) is 13.3. The quantitative estimate of drug-likeness (QED) is 0.447. The summed E-state index contributed by atoms with van der Waals surface area (Å²) in [5.74, 6) is -1.51. The first-order chi connectivity index (χ1) is 17.4. The minimum Gasteiger partial charge on any atom is -0.474 e. The molecule has 0 aliphatic carbocycles. The van der Waals surface area contributed by atoms with Crippen molar-refractivity contribution in [2.45, 2.75) is 42.6 Å². The molecule has 6 nitrogen and oxygen atoms in total. The summed E-state index contributed by atoms with van der Waals surface area (Å²) in [5, 5.41) is 2.04. The van der Waals surface area contributed by atoms with Gasteiger partial charge in [0.25, 0.3) is 5.91 Å². The molecule has 10 heteroatoms. The zero-order valence-electron chi connectivity index (χ0n) is 19.5. The molecule has 0 spiro atoms. The normalized spacial score (nSPS) is 22.8. The number of carbonyl (C=O) groups excluding carboxylic acids is 1. The number of fused-ring (bicyclic) bond motifs is 4. The van der Waals surface area contributed by atoms with Gasteiger partial charge >= 0.3 is 0 Å². The van der Waals surface area contributed by atoms with Crippen LogP contribution < -0.4 is 15.0 Å². The number of thioether (sulfide) groups is 1. The van der Waals surface area contributed by atoms with E-state index in [-0.39, 0.29) is 35.2 Å². The Bertz CT molecular complexity index is 1450. The fraction of sp³-hybridized carbons (Fsp3) is 0.308. The SMILES string of the molecule is C[C@@H]1CC[C@@H]2N(C1)C(=O)c1c(OP)c(=O)ccn1N2[C@@H]1c2ccccc2SCc2c1ccc(F)c2F. The Morgan fingerprint density at radius 2 is 1.86 bits per heavy atom. The topological polar surface area (TPSA) is 54.8 Å². The Kier molecular flexibility index (Phi) is 5.80. The maximum absolute atomic E-state index is 15.2. The first-order valence-electron chi connectivity index (χ1n) is 11.8. The molecule has 1 unspecified atom stereocenters. The predicted molar refractivity (Wildman–Crippen MR) is 137 cm³/mol. The number of hydrogen-bond donors (Lipinski definition) is 0. The van der Waals surface area contributed by atoms with Crippen LogP contribution in [0.4, 0.5) is 8.78 Å². The van der Waals surface area contributed by atoms with E-state index in [0.29, 0.717) is 24.1 Å². The Morgan fingerprint density at radius 1 is 1.06 bits per heavy atom. The van der Waals surface area contributed by atoms with Gasteiger partial charge in [-0.15, -0.1) is 11.8 Å². The first kappa shape index (κ1) is 23.5. The highest BCUT2D eigenvalue weighted by Crippen LogP contribution is 2.46. The maximum Gasteiger partial charge on any atom is 0.278 e. The lowest BCUT2D eigenvalue weighted by molar-refractivity contribution is 0.0384. The third-order valence-electron chi connectivity index (χ3n) is 7.33. The third-order valence-corrected chi connectivity index (χ3v) is 8.68. The summed E-state index contributed by atoms with van der Waals surface area (Å²) in [5.41, 5.74) is 1.59. The van der Waals surface area contributed by atoms with Crippen LogP contribution in [-0.2, 0) is 5.75 Å². The number of aromatic nitrogens is 1. The molecule has 0 bridgehead atoms. The number of nitrogens with zero attached hydrogens (tertiary/aromatic N) is 3. The van der Waals surface area contributed by atoms with Gasteiger partial charge in [0, 0.05) is 35.0 Å². The number of halogens is 2. The van der Waals surface area contributed by atoms with E-state index in [1.54, 1.807) is 21.8 Å². The van der Waals surface area contributed by atoms with Crippen LogP contribution in [0, 0.1) is 17.6 Å². The standard InChI is InChI=1S/C26H24F2N3O3PS/c1-14-6-9-21-29(12-14)26(33)24-25(34-35)19(32)10-11-30(24)31(21)23-15-7-8-18(27)22(28)17(15)13-36-20-5-3-2-4-16(20)23/h2-5,7-8,10-11,14,21,23H,6,9,12-13,35H2,1H3/t14-,21-,23+/m1/s1. The Balaban J connectivity index is 1.67. The van der Waals surface area contributed by atoms with Crippen LogP contribution >= 0.6 is 21.2 Å². The van der Waals surface area contributed by atoms with Gasteiger partial charge in [0.05, 0.1) is 15.5 Å². The number of rotatable bonds is 2. The molecule has 2 aromatic carbocycles. The van der Waals surface area contributed by atoms with Gasteiger partial charge in [-0.1, -0.05) is 31.2 Å². The van der Waals surface area contributed by atoms with E-state index < -0.39 is 23.1 Å². The average molecular weight is 528 g/mol. The van der Waals surface area contributed by atoms with Crippen LogP contribution in [0.3, 0.4) is 0 Å². The number of piperidine rings is 1. The van der Waals surface area contributed by atoms with Crippen molar-refractivity contribution in [2.75, 3.05) is 11.6 Å². The summed E-state index contributed by atoms with van der Waals surface area (Å²) in [4.78, 5) is 29.2. The molecule has 186 valence electrons. The Hall–Kier alpha value is -2.90. The summed E-state index contributed by atoms with van der Waals surface area (Å²) in [6.07, 6.45) is 2.84. The summed E-state index contributed by atoms with van der Waals surface area (Å²) in [6.45, 7) is 2.62. The summed E-state index contributed by atoms with van der Waals surface area (Å²) < 4.78 is 36.6. The van der Waals surface area contributed by atoms with E-state index in [0.717, 1.165) is 16.9 Å². The highest BCUT2D eigenvalue weighted by Gasteiger charge is 2.46. The fourth-order valence-electron chi connectivity index (χ4n) is 5.67. The van der Waals surface area contributed by atoms with E-state index in [4.69, 9.17) is 4.52 Å². The van der Waals surface area contributed by atoms with Gasteiger partial charge in [-0.3, -0.25) is 19.3 Å². The van der Waals surface area contributed by atoms with E-state index in [1.807, 2.05) is 29.3 Å². The van der Waals surface area contributed by atoms with Crippen molar-refractivity contribution < 1.29 is 18.1 Å². The summed E-state index contributed by atoms with van der Waals surface area (Å²) in [7, 11) is 2.06. The number of hydrogen-bond acceptors (Lipinski definition) is 5. The molecule has 0 saturated carbocycles. The van der Waals surface area contributed by atoms with Crippen molar-refractivity contribution in [3.8, 4) is 5.75 Å². The van der Waals surface area contributed by atoms with Crippen LogP contribution in [-0.4, -0.2) is 28.2 Å². The van der Waals surface area contributed by atoms with Crippen LogP contribution in [0.1, 0.15) is 53.0 Å². The second kappa shape index (κ2) is 8.89. The molecule has 1 fully saturated rings. The second-order valence-electron chi connectivity index (χ2n) is 9.48. The van der Waals surface area contributed by atoms with Gasteiger partial charge in [-0.25, -0.2) is 8.78 Å². The highest BCUT2D eigenvalue weighted by atomic mass is 32.2. The van der Waals surface area contributed by atoms with Crippen LogP contribution in [0.15, 0.2) is 58.4 Å². The molecule has 4 heterocycles. The monoisotopic (exact) mass is 527 g/mol. The molecule has 1 amide bonds. The number of benzene rings is 2. The largest absolute Gasteiger partial charge is 0.474 e. The van der Waals surface area contributed by atoms with Gasteiger partial charge < -0.3 is 9.42 Å². The third kappa shape index (κ3) is 3.47. The molecule has 3 aliphatic heterocycles. The number of pyridine rings is 1. The molecular formula is C26H24F2N3O3PS. The minimum absolute atomic E-state index is 0.0593. The predicted octanol–water partition coefficient (Wildman–Crippen LogP) is 4.84. The average Bonchev–Trinajstić information content (AvgIpc) is 3.04. The molecule has 1 aromatic heterocycles. The zero-order chi connectivity index (χ0) is 25.1. The van der Waals surface area contributed by atoms with Crippen molar-refractivity contribution in [2.24, 2.45) is 5.92 Å². The maximum atomic E-state index is 15.2. The molecule has 0 N–H and O–H groups in total. The van der Waals surface area contributed by atoms with Gasteiger partial charge in [0.1, 0.15) is 6.17 Å². The molecule has 3 aromatic rings. The number of amides is 1. The van der Waals surface area contributed by atoms with Crippen molar-refractivity contribution >= 4 is 27.1 Å². The molecule has 0 radical (unpaired) electrons. The lowest BCUT2D eigenvalue weighted by Crippen LogP contribution is -2.64. The molecule has 36 heavy (non-hydrogen) atoms. The highest BCUT2D eigenvalue weighted by molar-refractivity contribution is 7.98. The second-order valence-corrected chi connectivity index (χ2v) is 10.7. The van der Waals surface area contributed by atoms with Gasteiger partial charge in [-0.2, -0.15) is 0 Å². The van der Waals surface area contributed by atoms with Crippen molar-refractivity contribution in [3.05, 3.63) is 92.9 Å². The van der Waals surface area contributed by atoms with Crippen LogP contribution in [0.5, 0.6) is 5.75 Å². The Morgan fingerprint density at radius 3 is 2.67 bits per heavy atom. The van der Waals surface area contributed by atoms with Gasteiger partial charge in [-0.05, 0) is 42.0 Å². The van der Waals surface area contributed by atoms with Crippen molar-refractivity contribution in [3.63, 3.8) is 0 Å². The van der Waals surface area contributed by atoms with Crippen LogP contribution in [0.2, 0.25) is 0 Å². The van der Waals surface area contributed by atoms with Gasteiger partial charge in [0.15, 0.2) is 17.3 Å². The molecule has 6 rings (SSSR count). The van der Waals surface area contributed by atoms with Crippen molar-refractivity contribution in [1.29, 1.82) is 0 Å². The van der Waals surface area contributed by atoms with Gasteiger partial charge in [0.2, 0.25) is 11.2 Å². The van der Waals surface area contributed by atoms with Crippen molar-refractivity contribution in [1.82, 2.24) is 9.58 Å². The van der Waals surface area contributed by atoms with Crippen LogP contribution in [0.25, 0.3) is 0 Å². The molecule has 3 aliphatic rings. The molecular weight excluding hydrogens is 503 g/mol. The number of carbonyl (C=O) groups is 1. The summed E-state index contributed by atoms with van der Waals surface area (Å²) >= 11 is 1.46. The fourth-order valence-corrected chi connectivity index (χ4v) is 7.01. The molecule has 4 atom stereocenters. The molecule has 1 saturated heterocycles. The van der Waals surface area contributed by atoms with E-state index in [1.165, 1.54) is 23.9 Å². The lowest BCUT2D eigenvalue weighted by Gasteiger charge is -2.52. The smallest absolute Gasteiger partial charge is 0.278 e. The minimum atomic E-state index is -0.885. The van der Waals surface area contributed by atoms with E-state index >= 15 is 4.39 Å². The zero-order valence-corrected chi connectivity index (χ0v) is 21.5. The Labute approximate surface area is 213 Å². The van der Waals surface area contributed by atoms with E-state index in [2.05, 4.69) is 16.4 Å². The van der Waals surface area contributed by atoms with E-state index in [9.17, 15) is 14.0 Å². The lowest BCUT2D eigenvalue weighted by atomic mass is 9.90.